The van der Waals surface area contributed by atoms with Crippen LogP contribution in [0.15, 0.2) is 36.7 Å². The van der Waals surface area contributed by atoms with Crippen LogP contribution in [-0.4, -0.2) is 26.9 Å². The summed E-state index contributed by atoms with van der Waals surface area (Å²) in [6.45, 7) is 6.18. The van der Waals surface area contributed by atoms with Crippen LogP contribution in [0.5, 0.6) is 0 Å². The van der Waals surface area contributed by atoms with Gasteiger partial charge in [0, 0.05) is 18.0 Å². The number of esters is 1. The van der Waals surface area contributed by atoms with Crippen LogP contribution in [0.4, 0.5) is 0 Å². The molecule has 3 aromatic rings. The lowest BCUT2D eigenvalue weighted by Crippen LogP contribution is -2.10. The van der Waals surface area contributed by atoms with Gasteiger partial charge in [-0.05, 0) is 26.3 Å². The molecule has 118 valence electrons. The molecule has 1 aromatic carbocycles. The Hall–Kier alpha value is -2.69. The molecule has 23 heavy (non-hydrogen) atoms. The molecule has 5 nitrogen and oxygen atoms in total. The van der Waals surface area contributed by atoms with E-state index in [1.54, 1.807) is 13.1 Å². The largest absolute Gasteiger partial charge is 0.466 e. The number of imidazole rings is 1. The van der Waals surface area contributed by atoms with Crippen LogP contribution in [0.25, 0.3) is 17.0 Å². The first-order chi connectivity index (χ1) is 11.1. The predicted molar refractivity (Wildman–Crippen MR) is 88.2 cm³/mol. The Morgan fingerprint density at radius 3 is 2.61 bits per heavy atom. The SMILES string of the molecule is CCOC(=O)Cc1c(-c2ccc(C)cc2)nc2ncc(C)cn12. The minimum atomic E-state index is -0.260. The normalized spacial score (nSPS) is 10.9. The Morgan fingerprint density at radius 2 is 1.91 bits per heavy atom. The topological polar surface area (TPSA) is 56.5 Å². The summed E-state index contributed by atoms with van der Waals surface area (Å²) in [5.74, 6) is 0.328. The summed E-state index contributed by atoms with van der Waals surface area (Å²) in [7, 11) is 0. The lowest BCUT2D eigenvalue weighted by Gasteiger charge is -2.06. The predicted octanol–water partition coefficient (Wildman–Crippen LogP) is 3.12. The van der Waals surface area contributed by atoms with E-state index in [0.29, 0.717) is 12.4 Å². The molecule has 0 aliphatic rings. The second kappa shape index (κ2) is 6.20. The molecule has 2 heterocycles. The molecule has 0 N–H and O–H groups in total. The zero-order valence-electron chi connectivity index (χ0n) is 13.5. The minimum absolute atomic E-state index is 0.170. The first-order valence-electron chi connectivity index (χ1n) is 7.64. The minimum Gasteiger partial charge on any atom is -0.466 e. The molecule has 0 fully saturated rings. The number of aryl methyl sites for hydroxylation is 2. The Bertz CT molecular complexity index is 851. The van der Waals surface area contributed by atoms with Crippen molar-refractivity contribution < 1.29 is 9.53 Å². The van der Waals surface area contributed by atoms with Gasteiger partial charge in [-0.15, -0.1) is 0 Å². The highest BCUT2D eigenvalue weighted by Gasteiger charge is 2.18. The molecule has 0 saturated carbocycles. The standard InChI is InChI=1S/C18H19N3O2/c1-4-23-16(22)9-15-17(14-7-5-12(2)6-8-14)20-18-19-10-13(3)11-21(15)18/h5-8,10-11H,4,9H2,1-3H3. The Morgan fingerprint density at radius 1 is 1.17 bits per heavy atom. The van der Waals surface area contributed by atoms with E-state index in [4.69, 9.17) is 4.74 Å². The van der Waals surface area contributed by atoms with E-state index >= 15 is 0 Å². The average Bonchev–Trinajstić information content (AvgIpc) is 2.86. The number of ether oxygens (including phenoxy) is 1. The van der Waals surface area contributed by atoms with E-state index < -0.39 is 0 Å². The summed E-state index contributed by atoms with van der Waals surface area (Å²) < 4.78 is 6.98. The number of carbonyl (C=O) groups is 1. The maximum atomic E-state index is 12.0. The molecule has 5 heteroatoms. The van der Waals surface area contributed by atoms with Crippen molar-refractivity contribution in [2.45, 2.75) is 27.2 Å². The quantitative estimate of drug-likeness (QED) is 0.695. The van der Waals surface area contributed by atoms with Crippen LogP contribution >= 0.6 is 0 Å². The number of benzene rings is 1. The highest BCUT2D eigenvalue weighted by atomic mass is 16.5. The summed E-state index contributed by atoms with van der Waals surface area (Å²) in [5, 5.41) is 0. The van der Waals surface area contributed by atoms with E-state index in [-0.39, 0.29) is 12.4 Å². The van der Waals surface area contributed by atoms with Crippen molar-refractivity contribution in [2.24, 2.45) is 0 Å². The number of aromatic nitrogens is 3. The van der Waals surface area contributed by atoms with Crippen LogP contribution in [0, 0.1) is 13.8 Å². The highest BCUT2D eigenvalue weighted by molar-refractivity contribution is 5.77. The van der Waals surface area contributed by atoms with Gasteiger partial charge < -0.3 is 4.74 Å². The van der Waals surface area contributed by atoms with Crippen molar-refractivity contribution in [3.05, 3.63) is 53.5 Å². The van der Waals surface area contributed by atoms with Crippen LogP contribution < -0.4 is 0 Å². The van der Waals surface area contributed by atoms with Gasteiger partial charge in [-0.3, -0.25) is 9.20 Å². The molecule has 0 aliphatic carbocycles. The smallest absolute Gasteiger partial charge is 0.311 e. The maximum Gasteiger partial charge on any atom is 0.311 e. The molecule has 2 aromatic heterocycles. The van der Waals surface area contributed by atoms with Gasteiger partial charge >= 0.3 is 5.97 Å². The molecule has 0 aliphatic heterocycles. The second-order valence-electron chi connectivity index (χ2n) is 5.56. The van der Waals surface area contributed by atoms with Crippen molar-refractivity contribution in [1.82, 2.24) is 14.4 Å². The summed E-state index contributed by atoms with van der Waals surface area (Å²) >= 11 is 0. The van der Waals surface area contributed by atoms with Crippen molar-refractivity contribution in [1.29, 1.82) is 0 Å². The average molecular weight is 309 g/mol. The monoisotopic (exact) mass is 309 g/mol. The van der Waals surface area contributed by atoms with E-state index in [1.165, 1.54) is 5.56 Å². The van der Waals surface area contributed by atoms with Crippen LogP contribution in [0.2, 0.25) is 0 Å². The van der Waals surface area contributed by atoms with Crippen LogP contribution in [-0.2, 0) is 16.0 Å². The maximum absolute atomic E-state index is 12.0. The lowest BCUT2D eigenvalue weighted by atomic mass is 10.1. The van der Waals surface area contributed by atoms with Gasteiger partial charge in [0.05, 0.1) is 24.4 Å². The molecule has 0 saturated heterocycles. The van der Waals surface area contributed by atoms with Gasteiger partial charge in [-0.1, -0.05) is 29.8 Å². The molecule has 0 atom stereocenters. The second-order valence-corrected chi connectivity index (χ2v) is 5.56. The first kappa shape index (κ1) is 15.2. The van der Waals surface area contributed by atoms with Crippen molar-refractivity contribution >= 4 is 11.7 Å². The summed E-state index contributed by atoms with van der Waals surface area (Å²) in [4.78, 5) is 21.0. The fourth-order valence-corrected chi connectivity index (χ4v) is 2.54. The van der Waals surface area contributed by atoms with Crippen molar-refractivity contribution in [2.75, 3.05) is 6.61 Å². The third-order valence-corrected chi connectivity index (χ3v) is 3.65. The van der Waals surface area contributed by atoms with Gasteiger partial charge in [0.25, 0.3) is 0 Å². The van der Waals surface area contributed by atoms with Gasteiger partial charge in [0.15, 0.2) is 0 Å². The highest BCUT2D eigenvalue weighted by Crippen LogP contribution is 2.25. The Kier molecular flexibility index (Phi) is 4.10. The summed E-state index contributed by atoms with van der Waals surface area (Å²) in [6.07, 6.45) is 3.89. The van der Waals surface area contributed by atoms with Crippen molar-refractivity contribution in [3.63, 3.8) is 0 Å². The van der Waals surface area contributed by atoms with Crippen LogP contribution in [0.1, 0.15) is 23.7 Å². The summed E-state index contributed by atoms with van der Waals surface area (Å²) in [5.41, 5.74) is 4.74. The number of fused-ring (bicyclic) bond motifs is 1. The van der Waals surface area contributed by atoms with Gasteiger partial charge in [0.1, 0.15) is 0 Å². The Balaban J connectivity index is 2.15. The fraction of sp³-hybridized carbons (Fsp3) is 0.278. The lowest BCUT2D eigenvalue weighted by molar-refractivity contribution is -0.142. The van der Waals surface area contributed by atoms with Gasteiger partial charge in [-0.2, -0.15) is 0 Å². The molecule has 0 unspecified atom stereocenters. The number of rotatable bonds is 4. The van der Waals surface area contributed by atoms with E-state index in [0.717, 1.165) is 22.5 Å². The molecule has 0 bridgehead atoms. The molecule has 3 rings (SSSR count). The van der Waals surface area contributed by atoms with Crippen molar-refractivity contribution in [3.8, 4) is 11.3 Å². The van der Waals surface area contributed by atoms with Gasteiger partial charge in [-0.25, -0.2) is 9.97 Å². The first-order valence-corrected chi connectivity index (χ1v) is 7.64. The zero-order chi connectivity index (χ0) is 16.4. The van der Waals surface area contributed by atoms with Gasteiger partial charge in [0.2, 0.25) is 5.78 Å². The van der Waals surface area contributed by atoms with E-state index in [9.17, 15) is 4.79 Å². The third-order valence-electron chi connectivity index (χ3n) is 3.65. The summed E-state index contributed by atoms with van der Waals surface area (Å²) in [6, 6.07) is 8.09. The molecular weight excluding hydrogens is 290 g/mol. The molecule has 0 radical (unpaired) electrons. The number of hydrogen-bond acceptors (Lipinski definition) is 4. The molecule has 0 spiro atoms. The van der Waals surface area contributed by atoms with E-state index in [2.05, 4.69) is 9.97 Å². The van der Waals surface area contributed by atoms with Crippen LogP contribution in [0.3, 0.4) is 0 Å². The Labute approximate surface area is 135 Å². The zero-order valence-corrected chi connectivity index (χ0v) is 13.5. The van der Waals surface area contributed by atoms with E-state index in [1.807, 2.05) is 48.7 Å². The number of hydrogen-bond donors (Lipinski definition) is 0. The molecule has 0 amide bonds. The fourth-order valence-electron chi connectivity index (χ4n) is 2.54. The molecular formula is C18H19N3O2. The number of carbonyl (C=O) groups excluding carboxylic acids is 1. The number of nitrogens with zero attached hydrogens (tertiary/aromatic N) is 3. The third kappa shape index (κ3) is 3.08.